The second-order valence-electron chi connectivity index (χ2n) is 6.50. The number of benzene rings is 1. The number of hydrogen-bond donors (Lipinski definition) is 1. The fourth-order valence-corrected chi connectivity index (χ4v) is 3.15. The number of amides is 4. The first-order chi connectivity index (χ1) is 13.8. The van der Waals surface area contributed by atoms with E-state index < -0.39 is 36.3 Å². The Balaban J connectivity index is 2.04. The molecular weight excluding hydrogens is 398 g/mol. The van der Waals surface area contributed by atoms with Crippen molar-refractivity contribution >= 4 is 41.4 Å². The lowest BCUT2D eigenvalue weighted by Gasteiger charge is -2.24. The molecule has 1 aliphatic heterocycles. The summed E-state index contributed by atoms with van der Waals surface area (Å²) in [7, 11) is 3.10. The largest absolute Gasteiger partial charge is 0.454 e. The maximum Gasteiger partial charge on any atom is 0.329 e. The molecular formula is C19H23N3O6S. The summed E-state index contributed by atoms with van der Waals surface area (Å²) < 4.78 is 5.03. The molecule has 0 saturated heterocycles. The molecule has 156 valence electrons. The zero-order valence-corrected chi connectivity index (χ0v) is 17.3. The monoisotopic (exact) mass is 421 g/mol. The minimum absolute atomic E-state index is 0.201. The highest BCUT2D eigenvalue weighted by atomic mass is 32.2. The van der Waals surface area contributed by atoms with Gasteiger partial charge in [-0.05, 0) is 30.6 Å². The molecule has 29 heavy (non-hydrogen) atoms. The van der Waals surface area contributed by atoms with Gasteiger partial charge in [-0.25, -0.2) is 4.79 Å². The lowest BCUT2D eigenvalue weighted by atomic mass is 10.1. The number of rotatable bonds is 9. The number of carbonyl (C=O) groups excluding carboxylic acids is 5. The van der Waals surface area contributed by atoms with Crippen LogP contribution in [-0.4, -0.2) is 84.7 Å². The Kier molecular flexibility index (Phi) is 7.77. The molecule has 0 fully saturated rings. The van der Waals surface area contributed by atoms with Gasteiger partial charge >= 0.3 is 5.97 Å². The van der Waals surface area contributed by atoms with Gasteiger partial charge in [0.2, 0.25) is 5.91 Å². The summed E-state index contributed by atoms with van der Waals surface area (Å²) in [5.41, 5.74) is 0.471. The van der Waals surface area contributed by atoms with Crippen molar-refractivity contribution in [2.24, 2.45) is 0 Å². The zero-order chi connectivity index (χ0) is 21.6. The number of nitrogens with zero attached hydrogens (tertiary/aromatic N) is 2. The maximum absolute atomic E-state index is 12.7. The van der Waals surface area contributed by atoms with Crippen LogP contribution in [0.1, 0.15) is 27.1 Å². The highest BCUT2D eigenvalue weighted by Gasteiger charge is 2.43. The second-order valence-corrected chi connectivity index (χ2v) is 7.48. The van der Waals surface area contributed by atoms with Crippen molar-refractivity contribution in [3.05, 3.63) is 35.4 Å². The molecule has 1 aromatic carbocycles. The van der Waals surface area contributed by atoms with Gasteiger partial charge in [-0.15, -0.1) is 0 Å². The number of esters is 1. The third kappa shape index (κ3) is 5.35. The van der Waals surface area contributed by atoms with E-state index in [1.165, 1.54) is 28.8 Å². The number of carbonyl (C=O) groups is 5. The van der Waals surface area contributed by atoms with Gasteiger partial charge in [-0.3, -0.25) is 24.1 Å². The van der Waals surface area contributed by atoms with E-state index in [-0.39, 0.29) is 30.0 Å². The number of hydrogen-bond acceptors (Lipinski definition) is 7. The Morgan fingerprint density at radius 1 is 1.14 bits per heavy atom. The Labute approximate surface area is 172 Å². The van der Waals surface area contributed by atoms with Crippen molar-refractivity contribution in [3.8, 4) is 0 Å². The molecule has 10 heteroatoms. The van der Waals surface area contributed by atoms with Crippen molar-refractivity contribution in [1.82, 2.24) is 15.1 Å². The SMILES string of the molecule is CSCC[C@H](C(=O)OCC(=O)NCC(=O)N(C)C)N1C(=O)c2ccccc2C1=O. The van der Waals surface area contributed by atoms with Gasteiger partial charge < -0.3 is 15.0 Å². The Morgan fingerprint density at radius 3 is 2.24 bits per heavy atom. The molecule has 2 rings (SSSR count). The minimum Gasteiger partial charge on any atom is -0.454 e. The van der Waals surface area contributed by atoms with E-state index >= 15 is 0 Å². The van der Waals surface area contributed by atoms with Crippen LogP contribution >= 0.6 is 11.8 Å². The van der Waals surface area contributed by atoms with Crippen molar-refractivity contribution in [2.75, 3.05) is 39.3 Å². The topological polar surface area (TPSA) is 113 Å². The molecule has 0 radical (unpaired) electrons. The molecule has 1 heterocycles. The minimum atomic E-state index is -1.13. The first kappa shape index (κ1) is 22.4. The van der Waals surface area contributed by atoms with Gasteiger partial charge in [0.05, 0.1) is 17.7 Å². The average Bonchev–Trinajstić information content (AvgIpc) is 2.96. The van der Waals surface area contributed by atoms with Gasteiger partial charge in [0, 0.05) is 14.1 Å². The van der Waals surface area contributed by atoms with Crippen LogP contribution in [0.3, 0.4) is 0 Å². The standard InChI is InChI=1S/C19H23N3O6S/c1-21(2)16(24)10-20-15(23)11-28-19(27)14(8-9-29-3)22-17(25)12-6-4-5-7-13(12)18(22)26/h4-7,14H,8-11H2,1-3H3,(H,20,23)/t14-/m1/s1. The zero-order valence-electron chi connectivity index (χ0n) is 16.5. The van der Waals surface area contributed by atoms with E-state index in [2.05, 4.69) is 5.32 Å². The van der Waals surface area contributed by atoms with Crippen LogP contribution in [0.5, 0.6) is 0 Å². The van der Waals surface area contributed by atoms with Gasteiger partial charge in [-0.1, -0.05) is 12.1 Å². The van der Waals surface area contributed by atoms with Crippen LogP contribution in [0.2, 0.25) is 0 Å². The smallest absolute Gasteiger partial charge is 0.329 e. The van der Waals surface area contributed by atoms with Crippen LogP contribution in [0, 0.1) is 0 Å². The van der Waals surface area contributed by atoms with E-state index in [1.54, 1.807) is 26.2 Å². The number of ether oxygens (including phenoxy) is 1. The third-order valence-electron chi connectivity index (χ3n) is 4.29. The molecule has 0 spiro atoms. The summed E-state index contributed by atoms with van der Waals surface area (Å²) in [6.45, 7) is -0.837. The summed E-state index contributed by atoms with van der Waals surface area (Å²) in [5, 5.41) is 2.34. The number of likely N-dealkylation sites (N-methyl/N-ethyl adjacent to an activating group) is 1. The maximum atomic E-state index is 12.7. The summed E-state index contributed by atoms with van der Waals surface area (Å²) in [6.07, 6.45) is 2.03. The summed E-state index contributed by atoms with van der Waals surface area (Å²) in [5.74, 6) is -2.42. The number of nitrogens with one attached hydrogen (secondary N) is 1. The molecule has 0 unspecified atom stereocenters. The van der Waals surface area contributed by atoms with Crippen molar-refractivity contribution < 1.29 is 28.7 Å². The van der Waals surface area contributed by atoms with Gasteiger partial charge in [0.25, 0.3) is 17.7 Å². The highest BCUT2D eigenvalue weighted by Crippen LogP contribution is 2.26. The molecule has 1 N–H and O–H groups in total. The van der Waals surface area contributed by atoms with Crippen LogP contribution in [-0.2, 0) is 19.1 Å². The Morgan fingerprint density at radius 2 is 1.72 bits per heavy atom. The lowest BCUT2D eigenvalue weighted by Crippen LogP contribution is -2.47. The van der Waals surface area contributed by atoms with Crippen molar-refractivity contribution in [1.29, 1.82) is 0 Å². The van der Waals surface area contributed by atoms with Gasteiger partial charge in [0.1, 0.15) is 6.04 Å². The molecule has 1 aromatic rings. The molecule has 0 saturated carbocycles. The molecule has 4 amide bonds. The molecule has 1 atom stereocenters. The van der Waals surface area contributed by atoms with Crippen molar-refractivity contribution in [3.63, 3.8) is 0 Å². The molecule has 0 bridgehead atoms. The predicted octanol–water partition coefficient (Wildman–Crippen LogP) is 0.152. The lowest BCUT2D eigenvalue weighted by molar-refractivity contribution is -0.152. The number of imide groups is 1. The van der Waals surface area contributed by atoms with E-state index in [0.29, 0.717) is 5.75 Å². The second kappa shape index (κ2) is 10.1. The molecule has 0 aliphatic carbocycles. The summed E-state index contributed by atoms with van der Waals surface area (Å²) in [4.78, 5) is 63.5. The summed E-state index contributed by atoms with van der Waals surface area (Å²) in [6, 6.07) is 5.21. The Bertz CT molecular complexity index is 791. The van der Waals surface area contributed by atoms with E-state index in [9.17, 15) is 24.0 Å². The third-order valence-corrected chi connectivity index (χ3v) is 4.93. The van der Waals surface area contributed by atoms with Gasteiger partial charge in [-0.2, -0.15) is 11.8 Å². The number of fused-ring (bicyclic) bond motifs is 1. The van der Waals surface area contributed by atoms with Gasteiger partial charge in [0.15, 0.2) is 6.61 Å². The molecule has 0 aromatic heterocycles. The highest BCUT2D eigenvalue weighted by molar-refractivity contribution is 7.98. The Hall–Kier alpha value is -2.88. The first-order valence-corrected chi connectivity index (χ1v) is 10.3. The van der Waals surface area contributed by atoms with Crippen molar-refractivity contribution in [2.45, 2.75) is 12.5 Å². The van der Waals surface area contributed by atoms with Crippen LogP contribution in [0.4, 0.5) is 0 Å². The van der Waals surface area contributed by atoms with E-state index in [1.807, 2.05) is 6.26 Å². The van der Waals surface area contributed by atoms with Crippen LogP contribution in [0.25, 0.3) is 0 Å². The summed E-state index contributed by atoms with van der Waals surface area (Å²) >= 11 is 1.45. The predicted molar refractivity (Wildman–Crippen MR) is 106 cm³/mol. The van der Waals surface area contributed by atoms with Crippen LogP contribution < -0.4 is 5.32 Å². The number of thioether (sulfide) groups is 1. The van der Waals surface area contributed by atoms with E-state index in [4.69, 9.17) is 4.74 Å². The molecule has 9 nitrogen and oxygen atoms in total. The first-order valence-electron chi connectivity index (χ1n) is 8.87. The van der Waals surface area contributed by atoms with Crippen LogP contribution in [0.15, 0.2) is 24.3 Å². The average molecular weight is 421 g/mol. The quantitative estimate of drug-likeness (QED) is 0.446. The molecule has 1 aliphatic rings. The fourth-order valence-electron chi connectivity index (χ4n) is 2.69. The van der Waals surface area contributed by atoms with E-state index in [0.717, 1.165) is 4.90 Å². The normalized spacial score (nSPS) is 13.7. The fraction of sp³-hybridized carbons (Fsp3) is 0.421.